The summed E-state index contributed by atoms with van der Waals surface area (Å²) in [5.74, 6) is 0.268. The average molecular weight is 460 g/mol. The van der Waals surface area contributed by atoms with Crippen molar-refractivity contribution in [2.75, 3.05) is 13.1 Å². The van der Waals surface area contributed by atoms with Crippen LogP contribution in [-0.4, -0.2) is 46.0 Å². The Bertz CT molecular complexity index is 1300. The number of aromatic nitrogens is 4. The SMILES string of the molecule is O=S(=O)(c1cccc(-c2nnc(Sc3ncnc4ccsc34)o2)c1)N1CCCCC1. The van der Waals surface area contributed by atoms with Gasteiger partial charge in [-0.15, -0.1) is 21.5 Å². The van der Waals surface area contributed by atoms with Gasteiger partial charge >= 0.3 is 0 Å². The number of benzene rings is 1. The Balaban J connectivity index is 1.41. The fourth-order valence-electron chi connectivity index (χ4n) is 3.33. The van der Waals surface area contributed by atoms with Crippen LogP contribution in [0.2, 0.25) is 0 Å². The van der Waals surface area contributed by atoms with Gasteiger partial charge in [-0.25, -0.2) is 18.4 Å². The van der Waals surface area contributed by atoms with Crippen molar-refractivity contribution in [2.24, 2.45) is 0 Å². The van der Waals surface area contributed by atoms with Gasteiger partial charge in [-0.05, 0) is 54.2 Å². The lowest BCUT2D eigenvalue weighted by atomic mass is 10.2. The molecular weight excluding hydrogens is 442 g/mol. The van der Waals surface area contributed by atoms with Crippen LogP contribution >= 0.6 is 23.1 Å². The molecule has 8 nitrogen and oxygen atoms in total. The number of hydrogen-bond acceptors (Lipinski definition) is 9. The second kappa shape index (κ2) is 8.06. The molecule has 0 atom stereocenters. The molecular formula is C19H17N5O3S3. The van der Waals surface area contributed by atoms with Crippen LogP contribution in [0.25, 0.3) is 21.7 Å². The maximum atomic E-state index is 13.0. The number of sulfonamides is 1. The molecule has 1 aliphatic rings. The molecule has 1 aromatic carbocycles. The Morgan fingerprint density at radius 2 is 1.93 bits per heavy atom. The summed E-state index contributed by atoms with van der Waals surface area (Å²) in [6.45, 7) is 1.12. The van der Waals surface area contributed by atoms with Gasteiger partial charge in [0.1, 0.15) is 11.4 Å². The van der Waals surface area contributed by atoms with Crippen LogP contribution < -0.4 is 0 Å². The molecule has 0 N–H and O–H groups in total. The predicted octanol–water partition coefficient (Wildman–Crippen LogP) is 4.07. The first kappa shape index (κ1) is 19.6. The molecule has 0 aliphatic carbocycles. The van der Waals surface area contributed by atoms with Crippen LogP contribution in [0.3, 0.4) is 0 Å². The molecule has 0 radical (unpaired) electrons. The molecule has 0 amide bonds. The summed E-state index contributed by atoms with van der Waals surface area (Å²) >= 11 is 2.81. The normalized spacial score (nSPS) is 15.6. The molecule has 0 saturated carbocycles. The first-order chi connectivity index (χ1) is 14.6. The molecule has 5 rings (SSSR count). The second-order valence-corrected chi connectivity index (χ2v) is 10.6. The highest BCUT2D eigenvalue weighted by Crippen LogP contribution is 2.34. The zero-order valence-electron chi connectivity index (χ0n) is 15.8. The van der Waals surface area contributed by atoms with Crippen molar-refractivity contribution < 1.29 is 12.8 Å². The van der Waals surface area contributed by atoms with Crippen molar-refractivity contribution in [3.05, 3.63) is 42.0 Å². The van der Waals surface area contributed by atoms with E-state index in [1.807, 2.05) is 11.4 Å². The van der Waals surface area contributed by atoms with Gasteiger partial charge < -0.3 is 4.42 Å². The molecule has 154 valence electrons. The molecule has 11 heteroatoms. The van der Waals surface area contributed by atoms with Gasteiger partial charge in [0.2, 0.25) is 15.9 Å². The van der Waals surface area contributed by atoms with E-state index in [1.54, 1.807) is 39.9 Å². The molecule has 1 saturated heterocycles. The van der Waals surface area contributed by atoms with Gasteiger partial charge in [0.25, 0.3) is 5.22 Å². The standard InChI is InChI=1S/C19H17N5O3S3/c25-30(26,24-8-2-1-3-9-24)14-6-4-5-13(11-14)17-22-23-19(27-17)29-18-16-15(7-10-28-16)20-12-21-18/h4-7,10-12H,1-3,8-9H2. The minimum atomic E-state index is -3.53. The smallest absolute Gasteiger partial charge is 0.283 e. The monoisotopic (exact) mass is 459 g/mol. The van der Waals surface area contributed by atoms with E-state index >= 15 is 0 Å². The van der Waals surface area contributed by atoms with Crippen LogP contribution in [0.1, 0.15) is 19.3 Å². The van der Waals surface area contributed by atoms with E-state index in [2.05, 4.69) is 20.2 Å². The van der Waals surface area contributed by atoms with E-state index < -0.39 is 10.0 Å². The zero-order chi connectivity index (χ0) is 20.6. The van der Waals surface area contributed by atoms with Gasteiger partial charge in [0.15, 0.2) is 0 Å². The molecule has 4 aromatic rings. The van der Waals surface area contributed by atoms with E-state index in [0.29, 0.717) is 23.9 Å². The van der Waals surface area contributed by atoms with E-state index in [9.17, 15) is 8.42 Å². The highest BCUT2D eigenvalue weighted by Gasteiger charge is 2.26. The van der Waals surface area contributed by atoms with E-state index in [0.717, 1.165) is 34.5 Å². The summed E-state index contributed by atoms with van der Waals surface area (Å²) in [4.78, 5) is 8.77. The van der Waals surface area contributed by atoms with Crippen molar-refractivity contribution in [1.29, 1.82) is 0 Å². The summed E-state index contributed by atoms with van der Waals surface area (Å²) in [5, 5.41) is 11.2. The van der Waals surface area contributed by atoms with Crippen molar-refractivity contribution in [1.82, 2.24) is 24.5 Å². The third-order valence-corrected chi connectivity index (χ3v) is 8.61. The molecule has 30 heavy (non-hydrogen) atoms. The van der Waals surface area contributed by atoms with Crippen LogP contribution in [0.4, 0.5) is 0 Å². The Kier molecular flexibility index (Phi) is 5.27. The minimum absolute atomic E-state index is 0.241. The third kappa shape index (κ3) is 3.73. The number of hydrogen-bond donors (Lipinski definition) is 0. The predicted molar refractivity (Wildman–Crippen MR) is 114 cm³/mol. The summed E-state index contributed by atoms with van der Waals surface area (Å²) in [6, 6.07) is 8.59. The summed E-state index contributed by atoms with van der Waals surface area (Å²) in [7, 11) is -3.53. The molecule has 3 aromatic heterocycles. The van der Waals surface area contributed by atoms with Gasteiger partial charge in [-0.2, -0.15) is 4.31 Å². The van der Waals surface area contributed by atoms with Gasteiger partial charge in [0.05, 0.1) is 15.1 Å². The minimum Gasteiger partial charge on any atom is -0.411 e. The molecule has 0 unspecified atom stereocenters. The quantitative estimate of drug-likeness (QED) is 0.412. The Labute approximate surface area is 181 Å². The maximum absolute atomic E-state index is 13.0. The van der Waals surface area contributed by atoms with Gasteiger partial charge in [0, 0.05) is 18.7 Å². The largest absolute Gasteiger partial charge is 0.411 e. The summed E-state index contributed by atoms with van der Waals surface area (Å²) in [6.07, 6.45) is 4.36. The summed E-state index contributed by atoms with van der Waals surface area (Å²) in [5.41, 5.74) is 1.43. The first-order valence-electron chi connectivity index (χ1n) is 9.41. The molecule has 0 bridgehead atoms. The van der Waals surface area contributed by atoms with Crippen LogP contribution in [0.15, 0.2) is 61.6 Å². The first-order valence-corrected chi connectivity index (χ1v) is 12.5. The van der Waals surface area contributed by atoms with Crippen molar-refractivity contribution in [3.8, 4) is 11.5 Å². The lowest BCUT2D eigenvalue weighted by molar-refractivity contribution is 0.346. The topological polar surface area (TPSA) is 102 Å². The molecule has 4 heterocycles. The number of rotatable bonds is 5. The van der Waals surface area contributed by atoms with Crippen LogP contribution in [0.5, 0.6) is 0 Å². The fraction of sp³-hybridized carbons (Fsp3) is 0.263. The highest BCUT2D eigenvalue weighted by molar-refractivity contribution is 7.99. The Hall–Kier alpha value is -2.34. The molecule has 1 fully saturated rings. The van der Waals surface area contributed by atoms with Crippen LogP contribution in [0, 0.1) is 0 Å². The van der Waals surface area contributed by atoms with E-state index in [4.69, 9.17) is 4.42 Å². The third-order valence-electron chi connectivity index (χ3n) is 4.83. The molecule has 0 spiro atoms. The lowest BCUT2D eigenvalue weighted by Gasteiger charge is -2.25. The van der Waals surface area contributed by atoms with Crippen molar-refractivity contribution in [3.63, 3.8) is 0 Å². The van der Waals surface area contributed by atoms with Crippen LogP contribution in [-0.2, 0) is 10.0 Å². The Morgan fingerprint density at radius 3 is 2.80 bits per heavy atom. The maximum Gasteiger partial charge on any atom is 0.283 e. The fourth-order valence-corrected chi connectivity index (χ4v) is 6.56. The average Bonchev–Trinajstić information content (AvgIpc) is 3.45. The second-order valence-electron chi connectivity index (χ2n) is 6.78. The number of thiophene rings is 1. The van der Waals surface area contributed by atoms with Gasteiger partial charge in [-0.3, -0.25) is 0 Å². The number of nitrogens with zero attached hydrogens (tertiary/aromatic N) is 5. The summed E-state index contributed by atoms with van der Waals surface area (Å²) < 4.78 is 34.2. The molecule has 1 aliphatic heterocycles. The zero-order valence-corrected chi connectivity index (χ0v) is 18.2. The van der Waals surface area contributed by atoms with E-state index in [1.165, 1.54) is 18.1 Å². The van der Waals surface area contributed by atoms with Crippen molar-refractivity contribution >= 4 is 43.3 Å². The lowest BCUT2D eigenvalue weighted by Crippen LogP contribution is -2.35. The van der Waals surface area contributed by atoms with Gasteiger partial charge in [-0.1, -0.05) is 12.5 Å². The number of piperidine rings is 1. The van der Waals surface area contributed by atoms with E-state index in [-0.39, 0.29) is 10.8 Å². The number of fused-ring (bicyclic) bond motifs is 1. The van der Waals surface area contributed by atoms with Crippen molar-refractivity contribution in [2.45, 2.75) is 34.4 Å². The highest BCUT2D eigenvalue weighted by atomic mass is 32.2. The Morgan fingerprint density at radius 1 is 1.07 bits per heavy atom.